The molecule has 0 aliphatic heterocycles. The second-order valence-electron chi connectivity index (χ2n) is 3.97. The van der Waals surface area contributed by atoms with Crippen molar-refractivity contribution in [2.75, 3.05) is 6.61 Å². The minimum atomic E-state index is -0.201. The third-order valence-corrected chi connectivity index (χ3v) is 2.53. The molecular weight excluding hydrogens is 256 g/mol. The molecule has 0 aliphatic carbocycles. The SMILES string of the molecule is CCOc1ncccc1CNC(=O)C=Cc1ccco1. The van der Waals surface area contributed by atoms with E-state index in [1.807, 2.05) is 19.1 Å². The second kappa shape index (κ2) is 7.13. The van der Waals surface area contributed by atoms with Gasteiger partial charge in [-0.3, -0.25) is 4.79 Å². The number of amides is 1. The Balaban J connectivity index is 1.90. The Morgan fingerprint density at radius 3 is 3.10 bits per heavy atom. The van der Waals surface area contributed by atoms with Gasteiger partial charge in [-0.25, -0.2) is 4.98 Å². The van der Waals surface area contributed by atoms with Crippen LogP contribution in [-0.4, -0.2) is 17.5 Å². The molecule has 20 heavy (non-hydrogen) atoms. The van der Waals surface area contributed by atoms with Crippen molar-refractivity contribution in [1.29, 1.82) is 0 Å². The molecule has 1 N–H and O–H groups in total. The number of furan rings is 1. The van der Waals surface area contributed by atoms with E-state index in [0.717, 1.165) is 5.56 Å². The Bertz CT molecular complexity index is 577. The van der Waals surface area contributed by atoms with Crippen molar-refractivity contribution in [3.05, 3.63) is 54.1 Å². The lowest BCUT2D eigenvalue weighted by atomic mass is 10.2. The quantitative estimate of drug-likeness (QED) is 0.820. The summed E-state index contributed by atoms with van der Waals surface area (Å²) in [6.45, 7) is 2.80. The fourth-order valence-corrected chi connectivity index (χ4v) is 1.61. The maximum atomic E-state index is 11.7. The Kier molecular flexibility index (Phi) is 4.94. The number of carbonyl (C=O) groups is 1. The Morgan fingerprint density at radius 2 is 2.35 bits per heavy atom. The lowest BCUT2D eigenvalue weighted by molar-refractivity contribution is -0.116. The highest BCUT2D eigenvalue weighted by Gasteiger charge is 2.05. The van der Waals surface area contributed by atoms with Crippen LogP contribution in [0.3, 0.4) is 0 Å². The van der Waals surface area contributed by atoms with E-state index in [1.54, 1.807) is 30.7 Å². The zero-order valence-corrected chi connectivity index (χ0v) is 11.2. The van der Waals surface area contributed by atoms with E-state index in [2.05, 4.69) is 10.3 Å². The standard InChI is InChI=1S/C15H16N2O3/c1-2-19-15-12(5-3-9-16-15)11-17-14(18)8-7-13-6-4-10-20-13/h3-10H,2,11H2,1H3,(H,17,18). The number of nitrogens with zero attached hydrogens (tertiary/aromatic N) is 1. The summed E-state index contributed by atoms with van der Waals surface area (Å²) >= 11 is 0. The van der Waals surface area contributed by atoms with Gasteiger partial charge in [0.1, 0.15) is 5.76 Å². The van der Waals surface area contributed by atoms with Crippen LogP contribution in [0.25, 0.3) is 6.08 Å². The van der Waals surface area contributed by atoms with Gasteiger partial charge in [0, 0.05) is 24.4 Å². The van der Waals surface area contributed by atoms with E-state index >= 15 is 0 Å². The largest absolute Gasteiger partial charge is 0.478 e. The average Bonchev–Trinajstić information content (AvgIpc) is 2.98. The number of ether oxygens (including phenoxy) is 1. The molecule has 1 amide bonds. The van der Waals surface area contributed by atoms with Gasteiger partial charge in [0.2, 0.25) is 11.8 Å². The molecule has 0 atom stereocenters. The van der Waals surface area contributed by atoms with Gasteiger partial charge in [-0.1, -0.05) is 6.07 Å². The van der Waals surface area contributed by atoms with Gasteiger partial charge in [0.15, 0.2) is 0 Å². The Morgan fingerprint density at radius 1 is 1.45 bits per heavy atom. The van der Waals surface area contributed by atoms with Crippen molar-refractivity contribution in [2.45, 2.75) is 13.5 Å². The third kappa shape index (κ3) is 3.98. The van der Waals surface area contributed by atoms with Crippen LogP contribution in [0.5, 0.6) is 5.88 Å². The zero-order chi connectivity index (χ0) is 14.2. The van der Waals surface area contributed by atoms with Crippen LogP contribution in [-0.2, 0) is 11.3 Å². The molecule has 0 spiro atoms. The molecular formula is C15H16N2O3. The van der Waals surface area contributed by atoms with Crippen molar-refractivity contribution in [3.63, 3.8) is 0 Å². The van der Waals surface area contributed by atoms with E-state index in [-0.39, 0.29) is 5.91 Å². The summed E-state index contributed by atoms with van der Waals surface area (Å²) in [6, 6.07) is 7.22. The summed E-state index contributed by atoms with van der Waals surface area (Å²) < 4.78 is 10.5. The van der Waals surface area contributed by atoms with E-state index in [4.69, 9.17) is 9.15 Å². The lowest BCUT2D eigenvalue weighted by Gasteiger charge is -2.08. The molecule has 5 nitrogen and oxygen atoms in total. The fourth-order valence-electron chi connectivity index (χ4n) is 1.61. The molecule has 0 bridgehead atoms. The number of nitrogens with one attached hydrogen (secondary N) is 1. The highest BCUT2D eigenvalue weighted by molar-refractivity contribution is 5.91. The topological polar surface area (TPSA) is 64.4 Å². The number of rotatable bonds is 6. The summed E-state index contributed by atoms with van der Waals surface area (Å²) in [6.07, 6.45) is 6.26. The van der Waals surface area contributed by atoms with E-state index in [9.17, 15) is 4.79 Å². The average molecular weight is 272 g/mol. The maximum absolute atomic E-state index is 11.7. The van der Waals surface area contributed by atoms with Gasteiger partial charge in [-0.05, 0) is 31.2 Å². The number of carbonyl (C=O) groups excluding carboxylic acids is 1. The van der Waals surface area contributed by atoms with Gasteiger partial charge in [-0.15, -0.1) is 0 Å². The summed E-state index contributed by atoms with van der Waals surface area (Å²) in [5.41, 5.74) is 0.842. The van der Waals surface area contributed by atoms with Crippen molar-refractivity contribution in [1.82, 2.24) is 10.3 Å². The summed E-state index contributed by atoms with van der Waals surface area (Å²) in [5.74, 6) is 0.981. The van der Waals surface area contributed by atoms with Crippen LogP contribution in [0.1, 0.15) is 18.2 Å². The number of pyridine rings is 1. The van der Waals surface area contributed by atoms with E-state index < -0.39 is 0 Å². The number of hydrogen-bond donors (Lipinski definition) is 1. The summed E-state index contributed by atoms with van der Waals surface area (Å²) in [7, 11) is 0. The minimum Gasteiger partial charge on any atom is -0.478 e. The molecule has 104 valence electrons. The molecule has 2 aromatic heterocycles. The van der Waals surface area contributed by atoms with Crippen LogP contribution in [0, 0.1) is 0 Å². The first-order chi connectivity index (χ1) is 9.79. The first kappa shape index (κ1) is 13.9. The van der Waals surface area contributed by atoms with Gasteiger partial charge in [0.25, 0.3) is 0 Å². The van der Waals surface area contributed by atoms with Crippen molar-refractivity contribution >= 4 is 12.0 Å². The van der Waals surface area contributed by atoms with Gasteiger partial charge in [0.05, 0.1) is 12.9 Å². The minimum absolute atomic E-state index is 0.201. The molecule has 2 rings (SSSR count). The monoisotopic (exact) mass is 272 g/mol. The molecule has 2 aromatic rings. The molecule has 0 aliphatic rings. The first-order valence-electron chi connectivity index (χ1n) is 6.35. The van der Waals surface area contributed by atoms with Crippen LogP contribution in [0.15, 0.2) is 47.2 Å². The van der Waals surface area contributed by atoms with Crippen molar-refractivity contribution in [3.8, 4) is 5.88 Å². The van der Waals surface area contributed by atoms with Gasteiger partial charge < -0.3 is 14.5 Å². The van der Waals surface area contributed by atoms with E-state index in [0.29, 0.717) is 24.8 Å². The van der Waals surface area contributed by atoms with Crippen molar-refractivity contribution in [2.24, 2.45) is 0 Å². The Labute approximate surface area is 117 Å². The summed E-state index contributed by atoms with van der Waals surface area (Å²) in [4.78, 5) is 15.8. The highest BCUT2D eigenvalue weighted by atomic mass is 16.5. The normalized spacial score (nSPS) is 10.7. The predicted molar refractivity (Wildman–Crippen MR) is 75.0 cm³/mol. The molecule has 2 heterocycles. The van der Waals surface area contributed by atoms with Crippen molar-refractivity contribution < 1.29 is 13.9 Å². The molecule has 0 radical (unpaired) electrons. The van der Waals surface area contributed by atoms with Crippen LogP contribution < -0.4 is 10.1 Å². The molecule has 0 fully saturated rings. The molecule has 0 aromatic carbocycles. The molecule has 0 saturated carbocycles. The second-order valence-corrected chi connectivity index (χ2v) is 3.97. The van der Waals surface area contributed by atoms with E-state index in [1.165, 1.54) is 6.08 Å². The van der Waals surface area contributed by atoms with Crippen LogP contribution >= 0.6 is 0 Å². The predicted octanol–water partition coefficient (Wildman–Crippen LogP) is 2.40. The van der Waals surface area contributed by atoms with Crippen LogP contribution in [0.2, 0.25) is 0 Å². The molecule has 0 saturated heterocycles. The maximum Gasteiger partial charge on any atom is 0.244 e. The smallest absolute Gasteiger partial charge is 0.244 e. The first-order valence-corrected chi connectivity index (χ1v) is 6.35. The number of aromatic nitrogens is 1. The zero-order valence-electron chi connectivity index (χ0n) is 11.2. The fraction of sp³-hybridized carbons (Fsp3) is 0.200. The van der Waals surface area contributed by atoms with Gasteiger partial charge in [-0.2, -0.15) is 0 Å². The lowest BCUT2D eigenvalue weighted by Crippen LogP contribution is -2.20. The van der Waals surface area contributed by atoms with Crippen LogP contribution in [0.4, 0.5) is 0 Å². The number of hydrogen-bond acceptors (Lipinski definition) is 4. The molecule has 0 unspecified atom stereocenters. The highest BCUT2D eigenvalue weighted by Crippen LogP contribution is 2.13. The molecule has 5 heteroatoms. The summed E-state index contributed by atoms with van der Waals surface area (Å²) in [5, 5.41) is 2.77. The third-order valence-electron chi connectivity index (χ3n) is 2.53. The Hall–Kier alpha value is -2.56. The van der Waals surface area contributed by atoms with Gasteiger partial charge >= 0.3 is 0 Å².